The van der Waals surface area contributed by atoms with E-state index >= 15 is 4.39 Å². The Morgan fingerprint density at radius 3 is 2.36 bits per heavy atom. The number of carbonyl (C=O) groups is 5. The van der Waals surface area contributed by atoms with Crippen LogP contribution in [0.25, 0.3) is 0 Å². The molecule has 12 nitrogen and oxygen atoms in total. The Balaban J connectivity index is 1.89. The predicted molar refractivity (Wildman–Crippen MR) is 151 cm³/mol. The Morgan fingerprint density at radius 1 is 1.09 bits per heavy atom. The van der Waals surface area contributed by atoms with Crippen LogP contribution in [0.4, 0.5) is 4.39 Å². The van der Waals surface area contributed by atoms with Crippen molar-refractivity contribution in [1.82, 2.24) is 0 Å². The number of carbonyl (C=O) groups excluding carboxylic acids is 4. The number of ether oxygens (including phenoxy) is 2. The molecular weight excluding hydrogens is 602 g/mol. The first-order chi connectivity index (χ1) is 20.4. The number of aliphatic carboxylic acids is 1. The normalized spacial score (nSPS) is 38.8. The number of ketones is 2. The molecule has 0 aromatic rings. The fourth-order valence-corrected chi connectivity index (χ4v) is 9.30. The number of phosphoric acid groups is 1. The predicted octanol–water partition coefficient (Wildman–Crippen LogP) is 4.04. The van der Waals surface area contributed by atoms with Gasteiger partial charge >= 0.3 is 25.7 Å². The number of esters is 2. The standard InChI is InChI=1S/C30H40FO12P/c1-6-25(36)40-15-22(33)30(42-26(37)7-2)17(3)12-21-20-9-8-18-13-19(32)10-11-27(18,4)29(20,31)23(14-28(21,30)5)43-44(38,39)41-16-24(34)35/h10-11,13,17,20-21,23H,6-9,12,14-16H2,1-5H3,(H,34,35)(H,38,39)/t17-,20-,21-,23-,27-,28-,29?,30-/m0/s1. The summed E-state index contributed by atoms with van der Waals surface area (Å²) in [7, 11) is -5.21. The molecule has 0 radical (unpaired) electrons. The molecule has 4 rings (SSSR count). The minimum atomic E-state index is -5.21. The lowest BCUT2D eigenvalue weighted by Gasteiger charge is -2.63. The molecule has 4 aliphatic rings. The van der Waals surface area contributed by atoms with E-state index in [1.54, 1.807) is 34.6 Å². The Labute approximate surface area is 254 Å². The van der Waals surface area contributed by atoms with Crippen molar-refractivity contribution < 1.29 is 61.4 Å². The van der Waals surface area contributed by atoms with Crippen molar-refractivity contribution in [2.75, 3.05) is 13.2 Å². The first-order valence-electron chi connectivity index (χ1n) is 14.8. The van der Waals surface area contributed by atoms with Gasteiger partial charge in [-0.3, -0.25) is 28.2 Å². The van der Waals surface area contributed by atoms with E-state index in [9.17, 15) is 33.4 Å². The number of allylic oxidation sites excluding steroid dienone is 4. The Morgan fingerprint density at radius 2 is 1.75 bits per heavy atom. The number of fused-ring (bicyclic) bond motifs is 5. The summed E-state index contributed by atoms with van der Waals surface area (Å²) < 4.78 is 52.7. The maximum Gasteiger partial charge on any atom is 0.473 e. The average molecular weight is 643 g/mol. The summed E-state index contributed by atoms with van der Waals surface area (Å²) in [5.41, 5.74) is -6.75. The summed E-state index contributed by atoms with van der Waals surface area (Å²) in [6.07, 6.45) is 2.41. The van der Waals surface area contributed by atoms with Gasteiger partial charge in [0.2, 0.25) is 5.78 Å². The highest BCUT2D eigenvalue weighted by molar-refractivity contribution is 7.47. The van der Waals surface area contributed by atoms with Crippen LogP contribution in [-0.2, 0) is 47.1 Å². The van der Waals surface area contributed by atoms with Gasteiger partial charge in [0, 0.05) is 35.5 Å². The van der Waals surface area contributed by atoms with Crippen molar-refractivity contribution in [3.05, 3.63) is 23.8 Å². The fraction of sp³-hybridized carbons (Fsp3) is 0.700. The summed E-state index contributed by atoms with van der Waals surface area (Å²) in [5.74, 6) is -6.19. The quantitative estimate of drug-likeness (QED) is 0.244. The fourth-order valence-electron chi connectivity index (χ4n) is 8.41. The van der Waals surface area contributed by atoms with Crippen LogP contribution in [0.15, 0.2) is 23.8 Å². The van der Waals surface area contributed by atoms with E-state index in [4.69, 9.17) is 19.1 Å². The van der Waals surface area contributed by atoms with Gasteiger partial charge in [-0.15, -0.1) is 0 Å². The van der Waals surface area contributed by atoms with E-state index in [0.29, 0.717) is 12.0 Å². The third-order valence-corrected chi connectivity index (χ3v) is 11.4. The topological polar surface area (TPSA) is 180 Å². The second kappa shape index (κ2) is 11.9. The molecular formula is C30H40FO12P. The molecule has 44 heavy (non-hydrogen) atoms. The molecule has 9 atom stereocenters. The van der Waals surface area contributed by atoms with Crippen LogP contribution in [-0.4, -0.2) is 70.1 Å². The van der Waals surface area contributed by atoms with Crippen LogP contribution in [0.3, 0.4) is 0 Å². The summed E-state index contributed by atoms with van der Waals surface area (Å²) in [6, 6.07) is 0. The van der Waals surface area contributed by atoms with Gasteiger partial charge < -0.3 is 19.5 Å². The molecule has 14 heteroatoms. The number of Topliss-reactive ketones (excluding diaryl/α,β-unsaturated/α-hetero) is 1. The Hall–Kier alpha value is -2.73. The lowest BCUT2D eigenvalue weighted by Crippen LogP contribution is -2.70. The molecule has 2 N–H and O–H groups in total. The van der Waals surface area contributed by atoms with Crippen molar-refractivity contribution in [3.63, 3.8) is 0 Å². The summed E-state index contributed by atoms with van der Waals surface area (Å²) >= 11 is 0. The van der Waals surface area contributed by atoms with E-state index in [2.05, 4.69) is 4.52 Å². The zero-order valence-electron chi connectivity index (χ0n) is 25.5. The highest BCUT2D eigenvalue weighted by Gasteiger charge is 2.78. The molecule has 0 aromatic carbocycles. The largest absolute Gasteiger partial charge is 0.480 e. The second-order valence-corrected chi connectivity index (χ2v) is 14.0. The van der Waals surface area contributed by atoms with Crippen LogP contribution in [0.1, 0.15) is 73.1 Å². The van der Waals surface area contributed by atoms with E-state index in [1.807, 2.05) is 0 Å². The third-order valence-electron chi connectivity index (χ3n) is 10.4. The smallest absolute Gasteiger partial charge is 0.473 e. The molecule has 3 fully saturated rings. The number of carboxylic acid groups (broad SMARTS) is 1. The Kier molecular flexibility index (Phi) is 9.23. The molecule has 244 valence electrons. The number of halogens is 1. The van der Waals surface area contributed by atoms with Gasteiger partial charge in [0.15, 0.2) is 30.3 Å². The highest BCUT2D eigenvalue weighted by Crippen LogP contribution is 2.73. The highest BCUT2D eigenvalue weighted by atomic mass is 31.2. The molecule has 0 amide bonds. The molecule has 4 aliphatic carbocycles. The first-order valence-corrected chi connectivity index (χ1v) is 16.3. The number of hydrogen-bond acceptors (Lipinski definition) is 10. The van der Waals surface area contributed by atoms with Crippen molar-refractivity contribution in [2.24, 2.45) is 28.6 Å². The summed E-state index contributed by atoms with van der Waals surface area (Å²) in [6.45, 7) is 6.12. The maximum atomic E-state index is 18.3. The molecule has 3 saturated carbocycles. The summed E-state index contributed by atoms with van der Waals surface area (Å²) in [5, 5.41) is 9.02. The number of carboxylic acids is 1. The van der Waals surface area contributed by atoms with E-state index in [0.717, 1.165) is 0 Å². The second-order valence-electron chi connectivity index (χ2n) is 12.6. The number of phosphoric ester groups is 1. The van der Waals surface area contributed by atoms with Crippen molar-refractivity contribution >= 4 is 37.3 Å². The third kappa shape index (κ3) is 5.29. The van der Waals surface area contributed by atoms with Crippen LogP contribution in [0, 0.1) is 28.6 Å². The van der Waals surface area contributed by atoms with Gasteiger partial charge in [0.25, 0.3) is 0 Å². The molecule has 0 aromatic heterocycles. The number of alkyl halides is 1. The van der Waals surface area contributed by atoms with Crippen LogP contribution >= 0.6 is 7.82 Å². The Bertz CT molecular complexity index is 1360. The minimum absolute atomic E-state index is 0.000580. The number of rotatable bonds is 11. The number of hydrogen-bond donors (Lipinski definition) is 2. The van der Waals surface area contributed by atoms with Gasteiger partial charge in [-0.2, -0.15) is 0 Å². The summed E-state index contributed by atoms with van der Waals surface area (Å²) in [4.78, 5) is 73.0. The van der Waals surface area contributed by atoms with Gasteiger partial charge in [0.05, 0.1) is 0 Å². The SMILES string of the molecule is CCC(=O)OCC(=O)[C@@]1(OC(=O)CC)[C@@H](C)C[C@H]2[C@@H]3CCC4=CC(=O)C=C[C@]4(C)C3(F)[C@@H](OP(=O)(O)OCC(=O)O)C[C@@]21C. The van der Waals surface area contributed by atoms with E-state index in [-0.39, 0.29) is 31.5 Å². The maximum absolute atomic E-state index is 18.3. The van der Waals surface area contributed by atoms with E-state index < -0.39 is 97.1 Å². The van der Waals surface area contributed by atoms with Gasteiger partial charge in [-0.1, -0.05) is 39.3 Å². The minimum Gasteiger partial charge on any atom is -0.480 e. The average Bonchev–Trinajstić information content (AvgIpc) is 3.17. The van der Waals surface area contributed by atoms with Gasteiger partial charge in [-0.05, 0) is 50.7 Å². The zero-order valence-corrected chi connectivity index (χ0v) is 26.4. The van der Waals surface area contributed by atoms with Crippen LogP contribution in [0.2, 0.25) is 0 Å². The molecule has 0 aliphatic heterocycles. The lowest BCUT2D eigenvalue weighted by atomic mass is 9.44. The van der Waals surface area contributed by atoms with Crippen molar-refractivity contribution in [2.45, 2.75) is 90.5 Å². The van der Waals surface area contributed by atoms with Crippen LogP contribution < -0.4 is 0 Å². The monoisotopic (exact) mass is 642 g/mol. The van der Waals surface area contributed by atoms with E-state index in [1.165, 1.54) is 18.2 Å². The molecule has 0 saturated heterocycles. The molecule has 0 heterocycles. The van der Waals surface area contributed by atoms with Crippen molar-refractivity contribution in [3.8, 4) is 0 Å². The molecule has 0 bridgehead atoms. The van der Waals surface area contributed by atoms with Gasteiger partial charge in [0.1, 0.15) is 6.10 Å². The van der Waals surface area contributed by atoms with Crippen molar-refractivity contribution in [1.29, 1.82) is 0 Å². The molecule has 2 unspecified atom stereocenters. The lowest BCUT2D eigenvalue weighted by molar-refractivity contribution is -0.226. The van der Waals surface area contributed by atoms with Crippen LogP contribution in [0.5, 0.6) is 0 Å². The molecule has 0 spiro atoms. The first kappa shape index (κ1) is 34.1. The van der Waals surface area contributed by atoms with Gasteiger partial charge in [-0.25, -0.2) is 13.8 Å². The zero-order chi connectivity index (χ0) is 32.9.